The fourth-order valence-electron chi connectivity index (χ4n) is 5.36. The van der Waals surface area contributed by atoms with Gasteiger partial charge in [0.1, 0.15) is 16.9 Å². The molecular weight excluding hydrogens is 504 g/mol. The average molecular weight is 555 g/mol. The number of carboxylic acids is 2. The van der Waals surface area contributed by atoms with Gasteiger partial charge in [-0.3, -0.25) is 9.59 Å². The number of aromatic hydroxyl groups is 2. The van der Waals surface area contributed by atoms with Crippen molar-refractivity contribution in [2.24, 2.45) is 0 Å². The molecule has 40 heavy (non-hydrogen) atoms. The highest BCUT2D eigenvalue weighted by Crippen LogP contribution is 2.49. The van der Waals surface area contributed by atoms with E-state index in [-0.39, 0.29) is 30.8 Å². The van der Waals surface area contributed by atoms with Crippen LogP contribution in [0.15, 0.2) is 24.3 Å². The summed E-state index contributed by atoms with van der Waals surface area (Å²) in [4.78, 5) is 25.2. The maximum atomic E-state index is 13.6. The van der Waals surface area contributed by atoms with Gasteiger partial charge < -0.3 is 20.4 Å². The van der Waals surface area contributed by atoms with E-state index in [1.807, 2.05) is 83.1 Å². The van der Waals surface area contributed by atoms with Crippen LogP contribution in [0.3, 0.4) is 0 Å². The molecule has 0 saturated heterocycles. The second kappa shape index (κ2) is 10.8. The summed E-state index contributed by atoms with van der Waals surface area (Å²) in [5.74, 6) is -1.81. The van der Waals surface area contributed by atoms with Crippen LogP contribution in [0.4, 0.5) is 0 Å². The van der Waals surface area contributed by atoms with Crippen LogP contribution < -0.4 is 0 Å². The second-order valence-corrected chi connectivity index (χ2v) is 15.3. The van der Waals surface area contributed by atoms with Gasteiger partial charge in [0.2, 0.25) is 0 Å². The van der Waals surface area contributed by atoms with Crippen LogP contribution in [0, 0.1) is 0 Å². The van der Waals surface area contributed by atoms with Crippen LogP contribution in [-0.4, -0.2) is 32.4 Å². The van der Waals surface area contributed by atoms with E-state index in [4.69, 9.17) is 0 Å². The van der Waals surface area contributed by atoms with E-state index in [2.05, 4.69) is 0 Å². The molecule has 0 aliphatic rings. The minimum absolute atomic E-state index is 0.0323. The quantitative estimate of drug-likeness (QED) is 0.276. The van der Waals surface area contributed by atoms with Crippen LogP contribution in [0.2, 0.25) is 0 Å². The van der Waals surface area contributed by atoms with Gasteiger partial charge in [-0.15, -0.1) is 0 Å². The fraction of sp³-hybridized carbons (Fsp3) is 0.588. The van der Waals surface area contributed by atoms with Crippen LogP contribution in [0.5, 0.6) is 11.5 Å². The summed E-state index contributed by atoms with van der Waals surface area (Å²) in [5, 5.41) is 43.4. The predicted molar refractivity (Wildman–Crippen MR) is 161 cm³/mol. The van der Waals surface area contributed by atoms with Crippen LogP contribution in [0.25, 0.3) is 0 Å². The van der Waals surface area contributed by atoms with Gasteiger partial charge in [-0.05, 0) is 67.9 Å². The summed E-state index contributed by atoms with van der Waals surface area (Å²) >= 11 is 0. The Hall–Kier alpha value is -3.02. The Morgan fingerprint density at radius 1 is 0.575 bits per heavy atom. The van der Waals surface area contributed by atoms with Crippen molar-refractivity contribution in [3.05, 3.63) is 57.6 Å². The normalized spacial score (nSPS) is 13.4. The first-order valence-electron chi connectivity index (χ1n) is 14.1. The highest BCUT2D eigenvalue weighted by molar-refractivity contribution is 5.87. The molecule has 0 fully saturated rings. The van der Waals surface area contributed by atoms with Crippen molar-refractivity contribution in [3.8, 4) is 11.5 Å². The molecular formula is C34H50O6. The topological polar surface area (TPSA) is 115 Å². The number of rotatable bonds is 7. The Morgan fingerprint density at radius 3 is 1.05 bits per heavy atom. The van der Waals surface area contributed by atoms with E-state index >= 15 is 0 Å². The van der Waals surface area contributed by atoms with E-state index in [1.165, 1.54) is 0 Å². The smallest absolute Gasteiger partial charge is 0.318 e. The second-order valence-electron chi connectivity index (χ2n) is 15.3. The standard InChI is InChI=1S/C34H50O6/c1-30(2,3)22-16-20(17-23(27(22)37)31(4,5)6)34(29(39)40,15-13-14-26(35)36)21-18-24(32(7,8)9)28(38)25(19-21)33(10,11)12/h16-19,37-38H,13-15H2,1-12H3,(H,35,36)(H,39,40). The van der Waals surface area contributed by atoms with Gasteiger partial charge in [0, 0.05) is 6.42 Å². The molecule has 0 heterocycles. The van der Waals surface area contributed by atoms with Crippen molar-refractivity contribution >= 4 is 11.9 Å². The van der Waals surface area contributed by atoms with Crippen LogP contribution in [0.1, 0.15) is 136 Å². The lowest BCUT2D eigenvalue weighted by Gasteiger charge is -2.37. The molecule has 0 aliphatic carbocycles. The van der Waals surface area contributed by atoms with E-state index in [0.29, 0.717) is 33.4 Å². The molecule has 2 rings (SSSR count). The number of carbonyl (C=O) groups is 2. The molecule has 0 amide bonds. The van der Waals surface area contributed by atoms with Gasteiger partial charge in [0.15, 0.2) is 0 Å². The zero-order chi connectivity index (χ0) is 31.2. The third kappa shape index (κ3) is 6.64. The van der Waals surface area contributed by atoms with E-state index in [9.17, 15) is 30.0 Å². The molecule has 2 aromatic rings. The van der Waals surface area contributed by atoms with Gasteiger partial charge in [-0.25, -0.2) is 0 Å². The average Bonchev–Trinajstić information content (AvgIpc) is 2.73. The molecule has 0 atom stereocenters. The van der Waals surface area contributed by atoms with Crippen molar-refractivity contribution in [2.45, 2.75) is 129 Å². The maximum Gasteiger partial charge on any atom is 0.318 e. The molecule has 0 unspecified atom stereocenters. The molecule has 0 radical (unpaired) electrons. The molecule has 0 saturated carbocycles. The molecule has 2 aromatic carbocycles. The van der Waals surface area contributed by atoms with E-state index in [0.717, 1.165) is 0 Å². The summed E-state index contributed by atoms with van der Waals surface area (Å²) in [6.07, 6.45) is -0.0129. The van der Waals surface area contributed by atoms with Crippen LogP contribution >= 0.6 is 0 Å². The fourth-order valence-corrected chi connectivity index (χ4v) is 5.36. The van der Waals surface area contributed by atoms with Gasteiger partial charge in [-0.1, -0.05) is 107 Å². The van der Waals surface area contributed by atoms with Gasteiger partial charge in [0.25, 0.3) is 0 Å². The summed E-state index contributed by atoms with van der Waals surface area (Å²) in [7, 11) is 0. The van der Waals surface area contributed by atoms with E-state index in [1.54, 1.807) is 24.3 Å². The molecule has 6 nitrogen and oxygen atoms in total. The van der Waals surface area contributed by atoms with Gasteiger partial charge in [0.05, 0.1) is 0 Å². The summed E-state index contributed by atoms with van der Waals surface area (Å²) in [5.41, 5.74) is -0.103. The Kier molecular flexibility index (Phi) is 8.92. The lowest BCUT2D eigenvalue weighted by molar-refractivity contribution is -0.143. The number of phenols is 2. The Labute approximate surface area is 240 Å². The number of hydrogen-bond acceptors (Lipinski definition) is 4. The van der Waals surface area contributed by atoms with Gasteiger partial charge >= 0.3 is 11.9 Å². The first-order valence-corrected chi connectivity index (χ1v) is 14.1. The number of carboxylic acid groups (broad SMARTS) is 2. The van der Waals surface area contributed by atoms with Crippen molar-refractivity contribution in [1.29, 1.82) is 0 Å². The zero-order valence-electron chi connectivity index (χ0n) is 26.5. The lowest BCUT2D eigenvalue weighted by atomic mass is 9.66. The third-order valence-corrected chi connectivity index (χ3v) is 7.74. The molecule has 0 aliphatic heterocycles. The number of benzene rings is 2. The molecule has 222 valence electrons. The lowest BCUT2D eigenvalue weighted by Crippen LogP contribution is -2.39. The Morgan fingerprint density at radius 2 is 0.850 bits per heavy atom. The monoisotopic (exact) mass is 554 g/mol. The first-order chi connectivity index (χ1) is 17.8. The zero-order valence-corrected chi connectivity index (χ0v) is 26.5. The summed E-state index contributed by atoms with van der Waals surface area (Å²) < 4.78 is 0. The summed E-state index contributed by atoms with van der Waals surface area (Å²) in [6, 6.07) is 7.11. The highest BCUT2D eigenvalue weighted by atomic mass is 16.4. The van der Waals surface area contributed by atoms with Gasteiger partial charge in [-0.2, -0.15) is 0 Å². The number of aliphatic carboxylic acids is 2. The molecule has 0 spiro atoms. The Balaban J connectivity index is 3.23. The summed E-state index contributed by atoms with van der Waals surface area (Å²) in [6.45, 7) is 23.7. The van der Waals surface area contributed by atoms with E-state index < -0.39 is 39.0 Å². The molecule has 6 heteroatoms. The number of phenolic OH excluding ortho intramolecular Hbond substituents is 2. The molecule has 4 N–H and O–H groups in total. The van der Waals surface area contributed by atoms with Crippen molar-refractivity contribution in [2.75, 3.05) is 0 Å². The molecule has 0 bridgehead atoms. The predicted octanol–water partition coefficient (Wildman–Crippen LogP) is 7.91. The van der Waals surface area contributed by atoms with Crippen molar-refractivity contribution in [3.63, 3.8) is 0 Å². The maximum absolute atomic E-state index is 13.6. The highest BCUT2D eigenvalue weighted by Gasteiger charge is 2.45. The minimum Gasteiger partial charge on any atom is -0.507 e. The minimum atomic E-state index is -1.63. The Bertz CT molecular complexity index is 1120. The molecule has 0 aromatic heterocycles. The SMILES string of the molecule is CC(C)(C)c1cc(C(CCCC(=O)O)(C(=O)O)c2cc(C(C)(C)C)c(O)c(C(C)(C)C)c2)cc(C(C)(C)C)c1O. The third-order valence-electron chi connectivity index (χ3n) is 7.74. The van der Waals surface area contributed by atoms with Crippen molar-refractivity contribution in [1.82, 2.24) is 0 Å². The van der Waals surface area contributed by atoms with Crippen molar-refractivity contribution < 1.29 is 30.0 Å². The first kappa shape index (κ1) is 33.2. The number of hydrogen-bond donors (Lipinski definition) is 4. The van der Waals surface area contributed by atoms with Crippen LogP contribution in [-0.2, 0) is 36.7 Å². The largest absolute Gasteiger partial charge is 0.507 e.